The molecule has 1 amide bonds. The standard InChI is InChI=1S/C19H37N5O2S/c1-6-8-20-19(27)21(5)15-24(16(3)4)13-17(7-2)22-9-11-23(12-10-22)18(26)14-25/h17,25H,3,6-15H2,1-2,4-5H3,(H,20,27)/t17-/m0/s1. The van der Waals surface area contributed by atoms with Crippen LogP contribution in [0.3, 0.4) is 0 Å². The van der Waals surface area contributed by atoms with Crippen LogP contribution < -0.4 is 5.32 Å². The molecule has 1 saturated heterocycles. The number of aliphatic hydroxyl groups excluding tert-OH is 1. The Hall–Kier alpha value is -1.38. The van der Waals surface area contributed by atoms with E-state index in [4.69, 9.17) is 17.3 Å². The molecule has 0 spiro atoms. The molecule has 2 N–H and O–H groups in total. The number of thiocarbonyl (C=S) groups is 1. The van der Waals surface area contributed by atoms with Crippen molar-refractivity contribution < 1.29 is 9.90 Å². The van der Waals surface area contributed by atoms with Gasteiger partial charge in [-0.25, -0.2) is 0 Å². The lowest BCUT2D eigenvalue weighted by molar-refractivity contribution is -0.136. The lowest BCUT2D eigenvalue weighted by Gasteiger charge is -2.42. The van der Waals surface area contributed by atoms with Crippen LogP contribution in [0.15, 0.2) is 12.3 Å². The number of allylic oxidation sites excluding steroid dienone is 1. The highest BCUT2D eigenvalue weighted by molar-refractivity contribution is 7.80. The largest absolute Gasteiger partial charge is 0.387 e. The summed E-state index contributed by atoms with van der Waals surface area (Å²) in [5.41, 5.74) is 1.02. The predicted octanol–water partition coefficient (Wildman–Crippen LogP) is 0.911. The van der Waals surface area contributed by atoms with Crippen LogP contribution in [-0.2, 0) is 4.79 Å². The Bertz CT molecular complexity index is 494. The Balaban J connectivity index is 2.62. The maximum absolute atomic E-state index is 11.7. The number of amides is 1. The Morgan fingerprint density at radius 1 is 1.30 bits per heavy atom. The van der Waals surface area contributed by atoms with Crippen LogP contribution in [0.2, 0.25) is 0 Å². The molecule has 0 aromatic rings. The van der Waals surface area contributed by atoms with Crippen molar-refractivity contribution in [3.63, 3.8) is 0 Å². The monoisotopic (exact) mass is 399 g/mol. The Kier molecular flexibility index (Phi) is 10.6. The van der Waals surface area contributed by atoms with Crippen LogP contribution in [0.5, 0.6) is 0 Å². The summed E-state index contributed by atoms with van der Waals surface area (Å²) in [5, 5.41) is 13.0. The van der Waals surface area contributed by atoms with E-state index in [9.17, 15) is 4.79 Å². The minimum Gasteiger partial charge on any atom is -0.387 e. The summed E-state index contributed by atoms with van der Waals surface area (Å²) in [4.78, 5) is 20.1. The van der Waals surface area contributed by atoms with Crippen molar-refractivity contribution >= 4 is 23.2 Å². The lowest BCUT2D eigenvalue weighted by Crippen LogP contribution is -2.55. The van der Waals surface area contributed by atoms with E-state index in [1.165, 1.54) is 0 Å². The summed E-state index contributed by atoms with van der Waals surface area (Å²) in [5.74, 6) is -0.180. The predicted molar refractivity (Wildman–Crippen MR) is 114 cm³/mol. The van der Waals surface area contributed by atoms with Gasteiger partial charge >= 0.3 is 0 Å². The number of nitrogens with one attached hydrogen (secondary N) is 1. The fourth-order valence-corrected chi connectivity index (χ4v) is 3.37. The normalized spacial score (nSPS) is 16.0. The van der Waals surface area contributed by atoms with E-state index in [1.807, 2.05) is 18.9 Å². The zero-order valence-corrected chi connectivity index (χ0v) is 18.2. The van der Waals surface area contributed by atoms with Gasteiger partial charge in [-0.15, -0.1) is 0 Å². The summed E-state index contributed by atoms with van der Waals surface area (Å²) < 4.78 is 0. The van der Waals surface area contributed by atoms with Crippen LogP contribution >= 0.6 is 12.2 Å². The SMILES string of the molecule is C=C(C)N(C[C@H](CC)N1CCN(C(=O)CO)CC1)CN(C)C(=S)NCCC. The first-order valence-corrected chi connectivity index (χ1v) is 10.3. The number of carbonyl (C=O) groups is 1. The number of hydrogen-bond donors (Lipinski definition) is 2. The molecule has 0 saturated carbocycles. The Morgan fingerprint density at radius 3 is 2.41 bits per heavy atom. The van der Waals surface area contributed by atoms with E-state index in [1.54, 1.807) is 4.90 Å². The average Bonchev–Trinajstić information content (AvgIpc) is 2.68. The average molecular weight is 400 g/mol. The fourth-order valence-electron chi connectivity index (χ4n) is 3.22. The van der Waals surface area contributed by atoms with Gasteiger partial charge in [0.05, 0.1) is 6.67 Å². The molecule has 1 aliphatic heterocycles. The van der Waals surface area contributed by atoms with E-state index in [0.717, 1.165) is 49.8 Å². The molecule has 0 unspecified atom stereocenters. The van der Waals surface area contributed by atoms with Crippen molar-refractivity contribution in [1.29, 1.82) is 0 Å². The second-order valence-corrected chi connectivity index (χ2v) is 7.55. The summed E-state index contributed by atoms with van der Waals surface area (Å²) in [6, 6.07) is 0.388. The number of carbonyl (C=O) groups excluding carboxylic acids is 1. The molecule has 0 bridgehead atoms. The summed E-state index contributed by atoms with van der Waals surface area (Å²) in [6.45, 7) is 15.6. The third kappa shape index (κ3) is 7.63. The molecular formula is C19H37N5O2S. The topological polar surface area (TPSA) is 62.3 Å². The maximum Gasteiger partial charge on any atom is 0.248 e. The molecule has 156 valence electrons. The Labute approximate surface area is 170 Å². The number of piperazine rings is 1. The van der Waals surface area contributed by atoms with Gasteiger partial charge in [-0.2, -0.15) is 0 Å². The van der Waals surface area contributed by atoms with Gasteiger partial charge in [-0.1, -0.05) is 20.4 Å². The third-order valence-corrected chi connectivity index (χ3v) is 5.47. The van der Waals surface area contributed by atoms with E-state index < -0.39 is 6.61 Å². The molecule has 1 rings (SSSR count). The molecule has 27 heavy (non-hydrogen) atoms. The van der Waals surface area contributed by atoms with Gasteiger partial charge in [-0.05, 0) is 32.0 Å². The quantitative estimate of drug-likeness (QED) is 0.418. The zero-order chi connectivity index (χ0) is 20.4. The summed E-state index contributed by atoms with van der Waals surface area (Å²) in [6.07, 6.45) is 2.07. The fraction of sp³-hybridized carbons (Fsp3) is 0.789. The highest BCUT2D eigenvalue weighted by Crippen LogP contribution is 2.14. The van der Waals surface area contributed by atoms with Crippen molar-refractivity contribution in [3.8, 4) is 0 Å². The molecule has 8 heteroatoms. The highest BCUT2D eigenvalue weighted by Gasteiger charge is 2.26. The molecule has 7 nitrogen and oxygen atoms in total. The maximum atomic E-state index is 11.7. The molecule has 0 aromatic heterocycles. The van der Waals surface area contributed by atoms with Gasteiger partial charge in [0.2, 0.25) is 5.91 Å². The molecule has 1 atom stereocenters. The zero-order valence-electron chi connectivity index (χ0n) is 17.4. The first-order chi connectivity index (χ1) is 12.8. The van der Waals surface area contributed by atoms with Crippen molar-refractivity contribution in [3.05, 3.63) is 12.3 Å². The number of aliphatic hydroxyl groups is 1. The van der Waals surface area contributed by atoms with Crippen LogP contribution in [-0.4, -0.2) is 101 Å². The van der Waals surface area contributed by atoms with Gasteiger partial charge in [0, 0.05) is 58.1 Å². The van der Waals surface area contributed by atoms with Crippen molar-refractivity contribution in [2.24, 2.45) is 0 Å². The van der Waals surface area contributed by atoms with Crippen LogP contribution in [0.25, 0.3) is 0 Å². The van der Waals surface area contributed by atoms with Crippen molar-refractivity contribution in [2.75, 3.05) is 59.6 Å². The summed E-state index contributed by atoms with van der Waals surface area (Å²) in [7, 11) is 2.00. The van der Waals surface area contributed by atoms with Crippen LogP contribution in [0.1, 0.15) is 33.6 Å². The molecule has 0 radical (unpaired) electrons. The minimum absolute atomic E-state index is 0.180. The second kappa shape index (κ2) is 12.2. The first-order valence-electron chi connectivity index (χ1n) is 9.86. The highest BCUT2D eigenvalue weighted by atomic mass is 32.1. The number of rotatable bonds is 10. The van der Waals surface area contributed by atoms with Crippen molar-refractivity contribution in [1.82, 2.24) is 24.9 Å². The van der Waals surface area contributed by atoms with Gasteiger partial charge in [0.1, 0.15) is 6.61 Å². The minimum atomic E-state index is -0.404. The van der Waals surface area contributed by atoms with E-state index in [-0.39, 0.29) is 5.91 Å². The van der Waals surface area contributed by atoms with Crippen LogP contribution in [0.4, 0.5) is 0 Å². The molecule has 0 aromatic carbocycles. The summed E-state index contributed by atoms with van der Waals surface area (Å²) >= 11 is 5.45. The van der Waals surface area contributed by atoms with E-state index >= 15 is 0 Å². The van der Waals surface area contributed by atoms with Crippen molar-refractivity contribution in [2.45, 2.75) is 39.7 Å². The van der Waals surface area contributed by atoms with Crippen LogP contribution in [0, 0.1) is 0 Å². The van der Waals surface area contributed by atoms with E-state index in [2.05, 4.69) is 35.5 Å². The van der Waals surface area contributed by atoms with Gasteiger partial charge < -0.3 is 25.1 Å². The lowest BCUT2D eigenvalue weighted by atomic mass is 10.1. The van der Waals surface area contributed by atoms with E-state index in [0.29, 0.717) is 25.8 Å². The van der Waals surface area contributed by atoms with Gasteiger partial charge in [0.25, 0.3) is 0 Å². The molecule has 0 aliphatic carbocycles. The first kappa shape index (κ1) is 23.7. The number of nitrogens with zero attached hydrogens (tertiary/aromatic N) is 4. The molecule has 1 aliphatic rings. The third-order valence-electron chi connectivity index (χ3n) is 5.02. The number of hydrogen-bond acceptors (Lipinski definition) is 5. The van der Waals surface area contributed by atoms with Gasteiger partial charge in [0.15, 0.2) is 5.11 Å². The Morgan fingerprint density at radius 2 is 1.93 bits per heavy atom. The second-order valence-electron chi connectivity index (χ2n) is 7.17. The molecule has 1 heterocycles. The molecular weight excluding hydrogens is 362 g/mol. The molecule has 1 fully saturated rings. The smallest absolute Gasteiger partial charge is 0.248 e. The van der Waals surface area contributed by atoms with Gasteiger partial charge in [-0.3, -0.25) is 9.69 Å².